The second-order valence-electron chi connectivity index (χ2n) is 6.20. The highest BCUT2D eigenvalue weighted by molar-refractivity contribution is 8.00. The summed E-state index contributed by atoms with van der Waals surface area (Å²) in [6, 6.07) is 10.0. The summed E-state index contributed by atoms with van der Waals surface area (Å²) in [4.78, 5) is 14.8. The molecule has 0 bridgehead atoms. The number of rotatable bonds is 4. The molecule has 0 aliphatic carbocycles. The number of nitrogens with zero attached hydrogens (tertiary/aromatic N) is 4. The fourth-order valence-electron chi connectivity index (χ4n) is 3.05. The Balaban J connectivity index is 1.75. The molecular formula is C18H24N4OS. The number of carbonyl (C=O) groups excluding carboxylic acids is 1. The van der Waals surface area contributed by atoms with E-state index in [0.29, 0.717) is 0 Å². The largest absolute Gasteiger partial charge is 0.342 e. The van der Waals surface area contributed by atoms with Crippen LogP contribution in [0.4, 0.5) is 0 Å². The van der Waals surface area contributed by atoms with Crippen LogP contribution >= 0.6 is 11.8 Å². The zero-order valence-electron chi connectivity index (χ0n) is 14.3. The topological polar surface area (TPSA) is 51.0 Å². The maximum atomic E-state index is 12.8. The van der Waals surface area contributed by atoms with Crippen molar-refractivity contribution in [3.63, 3.8) is 0 Å². The summed E-state index contributed by atoms with van der Waals surface area (Å²) in [7, 11) is 0. The Labute approximate surface area is 147 Å². The van der Waals surface area contributed by atoms with Crippen LogP contribution in [0.1, 0.15) is 38.4 Å². The summed E-state index contributed by atoms with van der Waals surface area (Å²) in [6.07, 6.45) is 4.69. The Hall–Kier alpha value is -1.82. The van der Waals surface area contributed by atoms with Crippen LogP contribution in [0.25, 0.3) is 5.69 Å². The van der Waals surface area contributed by atoms with Gasteiger partial charge in [-0.3, -0.25) is 9.36 Å². The van der Waals surface area contributed by atoms with Crippen LogP contribution in [0, 0.1) is 6.92 Å². The molecule has 1 aromatic heterocycles. The van der Waals surface area contributed by atoms with E-state index >= 15 is 0 Å². The molecule has 1 fully saturated rings. The number of hydrogen-bond donors (Lipinski definition) is 0. The molecule has 128 valence electrons. The Morgan fingerprint density at radius 3 is 2.42 bits per heavy atom. The van der Waals surface area contributed by atoms with Crippen LogP contribution in [-0.2, 0) is 4.79 Å². The minimum atomic E-state index is -0.158. The van der Waals surface area contributed by atoms with E-state index in [1.165, 1.54) is 24.6 Å². The first-order valence-electron chi connectivity index (χ1n) is 8.59. The molecule has 1 atom stereocenters. The average molecular weight is 344 g/mol. The van der Waals surface area contributed by atoms with Gasteiger partial charge in [0.1, 0.15) is 5.82 Å². The van der Waals surface area contributed by atoms with E-state index in [1.54, 1.807) is 0 Å². The summed E-state index contributed by atoms with van der Waals surface area (Å²) in [5, 5.41) is 9.10. The highest BCUT2D eigenvalue weighted by Gasteiger charge is 2.24. The van der Waals surface area contributed by atoms with Gasteiger partial charge in [-0.1, -0.05) is 42.8 Å². The van der Waals surface area contributed by atoms with Gasteiger partial charge in [0.2, 0.25) is 5.91 Å². The van der Waals surface area contributed by atoms with Gasteiger partial charge in [0.05, 0.1) is 5.25 Å². The number of likely N-dealkylation sites (tertiary alicyclic amines) is 1. The number of amides is 1. The maximum absolute atomic E-state index is 12.8. The molecule has 6 heteroatoms. The van der Waals surface area contributed by atoms with Crippen molar-refractivity contribution in [3.05, 3.63) is 36.2 Å². The average Bonchev–Trinajstić information content (AvgIpc) is 2.80. The Morgan fingerprint density at radius 1 is 1.08 bits per heavy atom. The van der Waals surface area contributed by atoms with Gasteiger partial charge in [-0.15, -0.1) is 10.2 Å². The molecule has 1 aliphatic heterocycles. The zero-order chi connectivity index (χ0) is 16.9. The van der Waals surface area contributed by atoms with Gasteiger partial charge in [-0.25, -0.2) is 0 Å². The number of carbonyl (C=O) groups is 1. The van der Waals surface area contributed by atoms with E-state index in [-0.39, 0.29) is 11.2 Å². The van der Waals surface area contributed by atoms with Gasteiger partial charge >= 0.3 is 0 Å². The molecule has 0 unspecified atom stereocenters. The monoisotopic (exact) mass is 344 g/mol. The van der Waals surface area contributed by atoms with E-state index < -0.39 is 0 Å². The zero-order valence-corrected chi connectivity index (χ0v) is 15.1. The van der Waals surface area contributed by atoms with E-state index in [9.17, 15) is 4.79 Å². The van der Waals surface area contributed by atoms with Gasteiger partial charge < -0.3 is 4.90 Å². The van der Waals surface area contributed by atoms with Crippen LogP contribution in [0.15, 0.2) is 35.5 Å². The highest BCUT2D eigenvalue weighted by Crippen LogP contribution is 2.27. The minimum Gasteiger partial charge on any atom is -0.342 e. The van der Waals surface area contributed by atoms with Crippen molar-refractivity contribution in [2.75, 3.05) is 13.1 Å². The molecule has 1 aromatic carbocycles. The fraction of sp³-hybridized carbons (Fsp3) is 0.500. The lowest BCUT2D eigenvalue weighted by Gasteiger charge is -2.23. The lowest BCUT2D eigenvalue weighted by Crippen LogP contribution is -2.37. The van der Waals surface area contributed by atoms with E-state index in [2.05, 4.69) is 10.2 Å². The first-order chi connectivity index (χ1) is 11.7. The second kappa shape index (κ2) is 7.83. The predicted molar refractivity (Wildman–Crippen MR) is 96.5 cm³/mol. The van der Waals surface area contributed by atoms with Crippen LogP contribution in [-0.4, -0.2) is 43.9 Å². The molecule has 0 spiro atoms. The molecule has 3 rings (SSSR count). The Bertz CT molecular complexity index is 678. The fourth-order valence-corrected chi connectivity index (χ4v) is 4.05. The molecule has 0 N–H and O–H groups in total. The molecule has 2 aromatic rings. The smallest absolute Gasteiger partial charge is 0.235 e. The molecule has 24 heavy (non-hydrogen) atoms. The number of thioether (sulfide) groups is 1. The van der Waals surface area contributed by atoms with E-state index in [4.69, 9.17) is 0 Å². The number of benzene rings is 1. The van der Waals surface area contributed by atoms with Crippen molar-refractivity contribution in [3.8, 4) is 5.69 Å². The maximum Gasteiger partial charge on any atom is 0.235 e. The SMILES string of the molecule is Cc1nnc(S[C@@H](C)C(=O)N2CCCCCC2)n1-c1ccccc1. The van der Waals surface area contributed by atoms with Gasteiger partial charge in [-0.2, -0.15) is 0 Å². The molecule has 1 aliphatic rings. The summed E-state index contributed by atoms with van der Waals surface area (Å²) in [5.41, 5.74) is 1.02. The standard InChI is InChI=1S/C18H24N4OS/c1-14(17(23)21-12-8-3-4-9-13-21)24-18-20-19-15(2)22(18)16-10-6-5-7-11-16/h5-7,10-11,14H,3-4,8-9,12-13H2,1-2H3/t14-/m0/s1. The van der Waals surface area contributed by atoms with Crippen molar-refractivity contribution in [2.24, 2.45) is 0 Å². The van der Waals surface area contributed by atoms with Gasteiger partial charge in [-0.05, 0) is 38.8 Å². The first-order valence-corrected chi connectivity index (χ1v) is 9.47. The lowest BCUT2D eigenvalue weighted by molar-refractivity contribution is -0.130. The van der Waals surface area contributed by atoms with Crippen molar-refractivity contribution in [1.82, 2.24) is 19.7 Å². The van der Waals surface area contributed by atoms with Crippen LogP contribution in [0.2, 0.25) is 0 Å². The summed E-state index contributed by atoms with van der Waals surface area (Å²) < 4.78 is 2.01. The molecule has 1 saturated heterocycles. The van der Waals surface area contributed by atoms with Gasteiger partial charge in [0.25, 0.3) is 0 Å². The molecule has 0 saturated carbocycles. The number of hydrogen-bond acceptors (Lipinski definition) is 4. The minimum absolute atomic E-state index is 0.158. The number of para-hydroxylation sites is 1. The highest BCUT2D eigenvalue weighted by atomic mass is 32.2. The van der Waals surface area contributed by atoms with Crippen LogP contribution < -0.4 is 0 Å². The van der Waals surface area contributed by atoms with Gasteiger partial charge in [0, 0.05) is 18.8 Å². The normalized spacial score (nSPS) is 16.7. The molecular weight excluding hydrogens is 320 g/mol. The molecule has 1 amide bonds. The third-order valence-electron chi connectivity index (χ3n) is 4.36. The van der Waals surface area contributed by atoms with Crippen molar-refractivity contribution in [1.29, 1.82) is 0 Å². The Kier molecular flexibility index (Phi) is 5.56. The first kappa shape index (κ1) is 17.0. The number of aromatic nitrogens is 3. The third-order valence-corrected chi connectivity index (χ3v) is 5.39. The third kappa shape index (κ3) is 3.80. The van der Waals surface area contributed by atoms with Crippen LogP contribution in [0.3, 0.4) is 0 Å². The summed E-state index contributed by atoms with van der Waals surface area (Å²) >= 11 is 1.49. The van der Waals surface area contributed by atoms with Crippen LogP contribution in [0.5, 0.6) is 0 Å². The number of aryl methyl sites for hydroxylation is 1. The Morgan fingerprint density at radius 2 is 1.75 bits per heavy atom. The molecule has 0 radical (unpaired) electrons. The van der Waals surface area contributed by atoms with Crippen molar-refractivity contribution in [2.45, 2.75) is 49.9 Å². The molecule has 2 heterocycles. The molecule has 5 nitrogen and oxygen atoms in total. The summed E-state index contributed by atoms with van der Waals surface area (Å²) in [6.45, 7) is 5.67. The summed E-state index contributed by atoms with van der Waals surface area (Å²) in [5.74, 6) is 1.04. The quantitative estimate of drug-likeness (QED) is 0.797. The van der Waals surface area contributed by atoms with Gasteiger partial charge in [0.15, 0.2) is 5.16 Å². The second-order valence-corrected chi connectivity index (χ2v) is 7.51. The lowest BCUT2D eigenvalue weighted by atomic mass is 10.2. The van der Waals surface area contributed by atoms with E-state index in [1.807, 2.05) is 53.6 Å². The predicted octanol–water partition coefficient (Wildman–Crippen LogP) is 3.46. The van der Waals surface area contributed by atoms with Crippen molar-refractivity contribution < 1.29 is 4.79 Å². The van der Waals surface area contributed by atoms with Crippen molar-refractivity contribution >= 4 is 17.7 Å². The van der Waals surface area contributed by atoms with E-state index in [0.717, 1.165) is 42.6 Å².